The molecule has 0 saturated carbocycles. The van der Waals surface area contributed by atoms with E-state index in [9.17, 15) is 0 Å². The van der Waals surface area contributed by atoms with E-state index in [1.54, 1.807) is 6.07 Å². The van der Waals surface area contributed by atoms with Crippen LogP contribution in [-0.4, -0.2) is 9.97 Å². The lowest BCUT2D eigenvalue weighted by Gasteiger charge is -2.09. The second-order valence-corrected chi connectivity index (χ2v) is 4.64. The van der Waals surface area contributed by atoms with Crippen molar-refractivity contribution in [3.8, 4) is 6.07 Å². The first kappa shape index (κ1) is 10.8. The Labute approximate surface area is 94.2 Å². The summed E-state index contributed by atoms with van der Waals surface area (Å²) in [6.45, 7) is 0. The third-order valence-electron chi connectivity index (χ3n) is 1.13. The van der Waals surface area contributed by atoms with Gasteiger partial charge in [0.1, 0.15) is 11.8 Å². The summed E-state index contributed by atoms with van der Waals surface area (Å²) in [7, 11) is 0. The van der Waals surface area contributed by atoms with E-state index in [1.165, 1.54) is 6.20 Å². The van der Waals surface area contributed by atoms with Gasteiger partial charge in [-0.05, 0) is 0 Å². The van der Waals surface area contributed by atoms with Gasteiger partial charge in [-0.2, -0.15) is 5.26 Å². The molecule has 0 aliphatic carbocycles. The summed E-state index contributed by atoms with van der Waals surface area (Å²) in [5.74, 6) is 0. The number of halogens is 4. The summed E-state index contributed by atoms with van der Waals surface area (Å²) in [4.78, 5) is 7.35. The lowest BCUT2D eigenvalue weighted by Crippen LogP contribution is -2.05. The number of nitriles is 1. The monoisotopic (exact) mass is 255 g/mol. The van der Waals surface area contributed by atoms with Crippen LogP contribution >= 0.6 is 46.4 Å². The van der Waals surface area contributed by atoms with Crippen molar-refractivity contribution in [1.82, 2.24) is 9.97 Å². The predicted molar refractivity (Wildman–Crippen MR) is 51.0 cm³/mol. The van der Waals surface area contributed by atoms with Gasteiger partial charge in [0.15, 0.2) is 10.8 Å². The van der Waals surface area contributed by atoms with Crippen LogP contribution in [0.15, 0.2) is 6.20 Å². The minimum Gasteiger partial charge on any atom is -0.240 e. The van der Waals surface area contributed by atoms with E-state index in [4.69, 9.17) is 51.7 Å². The van der Waals surface area contributed by atoms with Crippen LogP contribution in [0.2, 0.25) is 5.15 Å². The van der Waals surface area contributed by atoms with Crippen LogP contribution in [0.5, 0.6) is 0 Å². The molecule has 0 radical (unpaired) electrons. The Morgan fingerprint density at radius 3 is 2.38 bits per heavy atom. The smallest absolute Gasteiger partial charge is 0.234 e. The van der Waals surface area contributed by atoms with E-state index in [0.717, 1.165) is 0 Å². The maximum atomic E-state index is 8.48. The van der Waals surface area contributed by atoms with Crippen LogP contribution in [0.4, 0.5) is 0 Å². The molecule has 7 heteroatoms. The van der Waals surface area contributed by atoms with Gasteiger partial charge in [-0.3, -0.25) is 0 Å². The summed E-state index contributed by atoms with van der Waals surface area (Å²) >= 11 is 22.1. The highest BCUT2D eigenvalue weighted by atomic mass is 35.6. The predicted octanol–water partition coefficient (Wildman–Crippen LogP) is 2.83. The van der Waals surface area contributed by atoms with E-state index in [2.05, 4.69) is 9.97 Å². The van der Waals surface area contributed by atoms with Gasteiger partial charge >= 0.3 is 0 Å². The van der Waals surface area contributed by atoms with E-state index >= 15 is 0 Å². The molecule has 1 aromatic heterocycles. The fourth-order valence-corrected chi connectivity index (χ4v) is 1.03. The molecule has 1 aromatic rings. The Bertz CT molecular complexity index is 365. The summed E-state index contributed by atoms with van der Waals surface area (Å²) in [6.07, 6.45) is 1.19. The highest BCUT2D eigenvalue weighted by molar-refractivity contribution is 6.66. The van der Waals surface area contributed by atoms with Crippen LogP contribution < -0.4 is 0 Å². The fraction of sp³-hybridized carbons (Fsp3) is 0.167. The number of rotatable bonds is 0. The zero-order valence-corrected chi connectivity index (χ0v) is 8.95. The van der Waals surface area contributed by atoms with Crippen LogP contribution in [0.3, 0.4) is 0 Å². The van der Waals surface area contributed by atoms with Crippen molar-refractivity contribution in [2.24, 2.45) is 0 Å². The van der Waals surface area contributed by atoms with Gasteiger partial charge in [0.2, 0.25) is 3.79 Å². The number of alkyl halides is 3. The van der Waals surface area contributed by atoms with E-state index in [-0.39, 0.29) is 16.5 Å². The van der Waals surface area contributed by atoms with Crippen molar-refractivity contribution in [3.63, 3.8) is 0 Å². The molecule has 0 unspecified atom stereocenters. The Balaban J connectivity index is 3.20. The molecule has 0 spiro atoms. The van der Waals surface area contributed by atoms with Gasteiger partial charge in [0, 0.05) is 0 Å². The number of aromatic nitrogens is 2. The van der Waals surface area contributed by atoms with Gasteiger partial charge in [-0.1, -0.05) is 46.4 Å². The van der Waals surface area contributed by atoms with Crippen molar-refractivity contribution in [2.75, 3.05) is 0 Å². The first-order chi connectivity index (χ1) is 5.95. The third kappa shape index (κ3) is 2.58. The molecular formula is C6HCl4N3. The maximum absolute atomic E-state index is 8.48. The number of nitrogens with zero attached hydrogens (tertiary/aromatic N) is 3. The molecule has 1 rings (SSSR count). The molecule has 0 amide bonds. The van der Waals surface area contributed by atoms with Crippen molar-refractivity contribution >= 4 is 46.4 Å². The second kappa shape index (κ2) is 3.85. The van der Waals surface area contributed by atoms with E-state index in [1.807, 2.05) is 0 Å². The summed E-state index contributed by atoms with van der Waals surface area (Å²) < 4.78 is -1.68. The highest BCUT2D eigenvalue weighted by Gasteiger charge is 2.26. The molecule has 0 bridgehead atoms. The van der Waals surface area contributed by atoms with E-state index in [0.29, 0.717) is 0 Å². The lowest BCUT2D eigenvalue weighted by atomic mass is 10.4. The number of hydrogen-bond acceptors (Lipinski definition) is 3. The minimum atomic E-state index is -1.68. The van der Waals surface area contributed by atoms with Crippen molar-refractivity contribution in [3.05, 3.63) is 22.7 Å². The molecule has 0 fully saturated rings. The standard InChI is InChI=1S/C6HCl4N3/c7-5-3(1-11)12-2-4(13-5)6(8,9)10/h2H. The lowest BCUT2D eigenvalue weighted by molar-refractivity contribution is 1.02. The largest absolute Gasteiger partial charge is 0.240 e. The van der Waals surface area contributed by atoms with Crippen molar-refractivity contribution in [1.29, 1.82) is 5.26 Å². The summed E-state index contributed by atoms with van der Waals surface area (Å²) in [5.41, 5.74) is 0.0844. The Morgan fingerprint density at radius 1 is 1.38 bits per heavy atom. The Kier molecular flexibility index (Phi) is 3.20. The molecule has 3 nitrogen and oxygen atoms in total. The fourth-order valence-electron chi connectivity index (χ4n) is 0.578. The molecule has 68 valence electrons. The summed E-state index contributed by atoms with van der Waals surface area (Å²) in [5, 5.41) is 8.40. The average molecular weight is 257 g/mol. The third-order valence-corrected chi connectivity index (χ3v) is 1.97. The van der Waals surface area contributed by atoms with Gasteiger partial charge < -0.3 is 0 Å². The van der Waals surface area contributed by atoms with Gasteiger partial charge in [-0.25, -0.2) is 9.97 Å². The highest BCUT2D eigenvalue weighted by Crippen LogP contribution is 2.37. The van der Waals surface area contributed by atoms with Gasteiger partial charge in [0.25, 0.3) is 0 Å². The van der Waals surface area contributed by atoms with Crippen LogP contribution in [-0.2, 0) is 3.79 Å². The van der Waals surface area contributed by atoms with Gasteiger partial charge in [0.05, 0.1) is 6.20 Å². The molecule has 0 aromatic carbocycles. The normalized spacial score (nSPS) is 11.0. The van der Waals surface area contributed by atoms with Crippen molar-refractivity contribution < 1.29 is 0 Å². The SMILES string of the molecule is N#Cc1ncc(C(Cl)(Cl)Cl)nc1Cl. The minimum absolute atomic E-state index is 0.000309. The maximum Gasteiger partial charge on any atom is 0.234 e. The van der Waals surface area contributed by atoms with Crippen LogP contribution in [0.1, 0.15) is 11.4 Å². The Morgan fingerprint density at radius 2 is 2.00 bits per heavy atom. The molecule has 0 atom stereocenters. The summed E-state index contributed by atoms with van der Waals surface area (Å²) in [6, 6.07) is 1.74. The van der Waals surface area contributed by atoms with Crippen LogP contribution in [0.25, 0.3) is 0 Å². The second-order valence-electron chi connectivity index (χ2n) is 2.00. The molecule has 0 aliphatic rings. The average Bonchev–Trinajstić information content (AvgIpc) is 2.02. The molecule has 0 saturated heterocycles. The van der Waals surface area contributed by atoms with Crippen molar-refractivity contribution in [2.45, 2.75) is 3.79 Å². The Hall–Kier alpha value is -0.270. The zero-order chi connectivity index (χ0) is 10.1. The zero-order valence-electron chi connectivity index (χ0n) is 5.93. The quantitative estimate of drug-likeness (QED) is 0.671. The topological polar surface area (TPSA) is 49.6 Å². The molecule has 1 heterocycles. The molecular weight excluding hydrogens is 256 g/mol. The number of hydrogen-bond donors (Lipinski definition) is 0. The van der Waals surface area contributed by atoms with Gasteiger partial charge in [-0.15, -0.1) is 0 Å². The first-order valence-corrected chi connectivity index (χ1v) is 4.46. The van der Waals surface area contributed by atoms with E-state index < -0.39 is 3.79 Å². The van der Waals surface area contributed by atoms with Crippen LogP contribution in [0, 0.1) is 11.3 Å². The molecule has 13 heavy (non-hydrogen) atoms. The molecule has 0 N–H and O–H groups in total. The first-order valence-electron chi connectivity index (χ1n) is 2.95. The molecule has 0 aliphatic heterocycles.